The summed E-state index contributed by atoms with van der Waals surface area (Å²) in [6.07, 6.45) is -2.75. The Morgan fingerprint density at radius 3 is 2.60 bits per heavy atom. The molecule has 8 heteroatoms. The largest absolute Gasteiger partial charge is 0.416 e. The van der Waals surface area contributed by atoms with Gasteiger partial charge in [0.2, 0.25) is 0 Å². The molecule has 2 heterocycles. The molecule has 0 saturated heterocycles. The first-order chi connectivity index (χ1) is 11.9. The fourth-order valence-corrected chi connectivity index (χ4v) is 3.21. The Kier molecular flexibility index (Phi) is 4.63. The van der Waals surface area contributed by atoms with Gasteiger partial charge < -0.3 is 5.32 Å². The van der Waals surface area contributed by atoms with Gasteiger partial charge in [-0.05, 0) is 29.1 Å². The summed E-state index contributed by atoms with van der Waals surface area (Å²) in [5.41, 5.74) is 2.08. The molecule has 2 N–H and O–H groups in total. The van der Waals surface area contributed by atoms with Crippen LogP contribution in [0.5, 0.6) is 0 Å². The molecule has 1 aromatic carbocycles. The van der Waals surface area contributed by atoms with Gasteiger partial charge in [-0.1, -0.05) is 12.1 Å². The Hall–Kier alpha value is -2.61. The van der Waals surface area contributed by atoms with E-state index in [0.717, 1.165) is 23.4 Å². The quantitative estimate of drug-likeness (QED) is 0.628. The number of aromatic amines is 1. The lowest BCUT2D eigenvalue weighted by Crippen LogP contribution is -2.04. The lowest BCUT2D eigenvalue weighted by atomic mass is 10.1. The zero-order valence-corrected chi connectivity index (χ0v) is 14.0. The van der Waals surface area contributed by atoms with E-state index in [1.165, 1.54) is 30.4 Å². The second-order valence-electron chi connectivity index (χ2n) is 5.42. The number of hydrogen-bond donors (Lipinski definition) is 2. The molecular formula is C17H14F3N3OS. The summed E-state index contributed by atoms with van der Waals surface area (Å²) in [6.45, 7) is 1.90. The maximum absolute atomic E-state index is 12.7. The van der Waals surface area contributed by atoms with Crippen LogP contribution in [-0.4, -0.2) is 16.0 Å². The van der Waals surface area contributed by atoms with Crippen molar-refractivity contribution < 1.29 is 18.0 Å². The standard InChI is InChI=1S/C17H14F3N3OS/c1-10(24)16-14(6-7-25-16)21-8-12-9-22-23-15(12)11-2-4-13(5-3-11)17(18,19)20/h2-7,9,21H,8H2,1H3,(H,22,23). The third kappa shape index (κ3) is 3.74. The highest BCUT2D eigenvalue weighted by Gasteiger charge is 2.30. The fourth-order valence-electron chi connectivity index (χ4n) is 2.43. The van der Waals surface area contributed by atoms with Crippen molar-refractivity contribution in [1.29, 1.82) is 0 Å². The SMILES string of the molecule is CC(=O)c1sccc1NCc1cn[nH]c1-c1ccc(C(F)(F)F)cc1. The number of alkyl halides is 3. The van der Waals surface area contributed by atoms with Crippen molar-refractivity contribution in [1.82, 2.24) is 10.2 Å². The van der Waals surface area contributed by atoms with Crippen LogP contribution in [0.15, 0.2) is 41.9 Å². The minimum atomic E-state index is -4.36. The molecule has 3 aromatic rings. The number of nitrogens with zero attached hydrogens (tertiary/aromatic N) is 1. The molecular weight excluding hydrogens is 351 g/mol. The van der Waals surface area contributed by atoms with E-state index in [4.69, 9.17) is 0 Å². The number of benzene rings is 1. The molecule has 0 aliphatic heterocycles. The summed E-state index contributed by atoms with van der Waals surface area (Å²) in [4.78, 5) is 12.2. The Morgan fingerprint density at radius 1 is 1.24 bits per heavy atom. The van der Waals surface area contributed by atoms with E-state index in [9.17, 15) is 18.0 Å². The molecule has 0 fully saturated rings. The van der Waals surface area contributed by atoms with Crippen LogP contribution in [0.25, 0.3) is 11.3 Å². The molecule has 2 aromatic heterocycles. The number of aromatic nitrogens is 2. The molecule has 0 spiro atoms. The number of anilines is 1. The Morgan fingerprint density at radius 2 is 1.96 bits per heavy atom. The smallest absolute Gasteiger partial charge is 0.380 e. The fraction of sp³-hybridized carbons (Fsp3) is 0.176. The van der Waals surface area contributed by atoms with Crippen LogP contribution in [-0.2, 0) is 12.7 Å². The van der Waals surface area contributed by atoms with E-state index in [1.807, 2.05) is 11.4 Å². The number of carbonyl (C=O) groups excluding carboxylic acids is 1. The lowest BCUT2D eigenvalue weighted by molar-refractivity contribution is -0.137. The zero-order valence-electron chi connectivity index (χ0n) is 13.1. The molecule has 0 aliphatic rings. The molecule has 25 heavy (non-hydrogen) atoms. The normalized spacial score (nSPS) is 11.5. The predicted octanol–water partition coefficient (Wildman–Crippen LogP) is 4.97. The Bertz CT molecular complexity index is 881. The van der Waals surface area contributed by atoms with Crippen LogP contribution in [0.1, 0.15) is 27.7 Å². The predicted molar refractivity (Wildman–Crippen MR) is 90.7 cm³/mol. The Balaban J connectivity index is 1.79. The van der Waals surface area contributed by atoms with Gasteiger partial charge in [-0.2, -0.15) is 18.3 Å². The molecule has 0 atom stereocenters. The Labute approximate surface area is 145 Å². The van der Waals surface area contributed by atoms with Crippen LogP contribution < -0.4 is 5.32 Å². The molecule has 3 rings (SSSR count). The maximum atomic E-state index is 12.7. The minimum absolute atomic E-state index is 0.0207. The van der Waals surface area contributed by atoms with Crippen LogP contribution in [0.2, 0.25) is 0 Å². The van der Waals surface area contributed by atoms with Gasteiger partial charge in [-0.25, -0.2) is 0 Å². The van der Waals surface area contributed by atoms with Crippen molar-refractivity contribution in [3.63, 3.8) is 0 Å². The van der Waals surface area contributed by atoms with Crippen LogP contribution in [0.4, 0.5) is 18.9 Å². The maximum Gasteiger partial charge on any atom is 0.416 e. The van der Waals surface area contributed by atoms with E-state index in [2.05, 4.69) is 15.5 Å². The zero-order chi connectivity index (χ0) is 18.0. The number of thiophene rings is 1. The molecule has 0 radical (unpaired) electrons. The van der Waals surface area contributed by atoms with Crippen LogP contribution in [0, 0.1) is 0 Å². The van der Waals surface area contributed by atoms with Gasteiger partial charge in [0.15, 0.2) is 5.78 Å². The topological polar surface area (TPSA) is 57.8 Å². The number of halogens is 3. The van der Waals surface area contributed by atoms with Crippen LogP contribution in [0.3, 0.4) is 0 Å². The molecule has 0 saturated carbocycles. The van der Waals surface area contributed by atoms with Crippen LogP contribution >= 0.6 is 11.3 Å². The lowest BCUT2D eigenvalue weighted by Gasteiger charge is -2.09. The highest BCUT2D eigenvalue weighted by molar-refractivity contribution is 7.12. The van der Waals surface area contributed by atoms with Crippen molar-refractivity contribution in [2.45, 2.75) is 19.6 Å². The third-order valence-electron chi connectivity index (χ3n) is 3.67. The molecule has 0 bridgehead atoms. The average molecular weight is 365 g/mol. The van der Waals surface area contributed by atoms with E-state index in [0.29, 0.717) is 22.7 Å². The highest BCUT2D eigenvalue weighted by atomic mass is 32.1. The van der Waals surface area contributed by atoms with Gasteiger partial charge >= 0.3 is 6.18 Å². The molecule has 130 valence electrons. The number of carbonyl (C=O) groups is 1. The molecule has 0 amide bonds. The number of Topliss-reactive ketones (excluding diaryl/α,β-unsaturated/α-hetero) is 1. The van der Waals surface area contributed by atoms with E-state index in [1.54, 1.807) is 6.20 Å². The number of rotatable bonds is 5. The van der Waals surface area contributed by atoms with E-state index >= 15 is 0 Å². The number of H-pyrrole nitrogens is 1. The van der Waals surface area contributed by atoms with Crippen molar-refractivity contribution >= 4 is 22.8 Å². The number of hydrogen-bond acceptors (Lipinski definition) is 4. The van der Waals surface area contributed by atoms with Crippen molar-refractivity contribution in [2.24, 2.45) is 0 Å². The van der Waals surface area contributed by atoms with Gasteiger partial charge in [-0.15, -0.1) is 11.3 Å². The van der Waals surface area contributed by atoms with Crippen molar-refractivity contribution in [3.05, 3.63) is 57.9 Å². The highest BCUT2D eigenvalue weighted by Crippen LogP contribution is 2.31. The average Bonchev–Trinajstić information content (AvgIpc) is 3.21. The van der Waals surface area contributed by atoms with Gasteiger partial charge in [0.25, 0.3) is 0 Å². The van der Waals surface area contributed by atoms with E-state index < -0.39 is 11.7 Å². The number of ketones is 1. The van der Waals surface area contributed by atoms with E-state index in [-0.39, 0.29) is 5.78 Å². The van der Waals surface area contributed by atoms with Gasteiger partial charge in [0, 0.05) is 19.0 Å². The summed E-state index contributed by atoms with van der Waals surface area (Å²) >= 11 is 1.36. The first-order valence-corrected chi connectivity index (χ1v) is 8.26. The monoisotopic (exact) mass is 365 g/mol. The summed E-state index contributed by atoms with van der Waals surface area (Å²) in [6, 6.07) is 6.72. The molecule has 0 aliphatic carbocycles. The molecule has 0 unspecified atom stereocenters. The summed E-state index contributed by atoms with van der Waals surface area (Å²) in [5.74, 6) is -0.0207. The van der Waals surface area contributed by atoms with Gasteiger partial charge in [0.1, 0.15) is 0 Å². The second-order valence-corrected chi connectivity index (χ2v) is 6.33. The minimum Gasteiger partial charge on any atom is -0.380 e. The summed E-state index contributed by atoms with van der Waals surface area (Å²) < 4.78 is 38.0. The second kappa shape index (κ2) is 6.72. The summed E-state index contributed by atoms with van der Waals surface area (Å²) in [5, 5.41) is 11.8. The van der Waals surface area contributed by atoms with Gasteiger partial charge in [-0.3, -0.25) is 9.89 Å². The summed E-state index contributed by atoms with van der Waals surface area (Å²) in [7, 11) is 0. The first kappa shape index (κ1) is 17.2. The number of nitrogens with one attached hydrogen (secondary N) is 2. The van der Waals surface area contributed by atoms with Crippen molar-refractivity contribution in [2.75, 3.05) is 5.32 Å². The first-order valence-electron chi connectivity index (χ1n) is 7.38. The van der Waals surface area contributed by atoms with Gasteiger partial charge in [0.05, 0.1) is 28.0 Å². The molecule has 4 nitrogen and oxygen atoms in total. The third-order valence-corrected chi connectivity index (χ3v) is 4.69. The van der Waals surface area contributed by atoms with Crippen molar-refractivity contribution in [3.8, 4) is 11.3 Å².